The van der Waals surface area contributed by atoms with Gasteiger partial charge in [-0.1, -0.05) is 13.8 Å². The van der Waals surface area contributed by atoms with Gasteiger partial charge in [0.05, 0.1) is 0 Å². The number of hydrogen-bond donors (Lipinski definition) is 1. The highest BCUT2D eigenvalue weighted by molar-refractivity contribution is 7.07. The molecule has 1 N–H and O–H groups in total. The summed E-state index contributed by atoms with van der Waals surface area (Å²) in [4.78, 5) is 4.34. The average Bonchev–Trinajstić information content (AvgIpc) is 2.95. The van der Waals surface area contributed by atoms with E-state index in [0.717, 1.165) is 25.5 Å². The third-order valence-electron chi connectivity index (χ3n) is 2.61. The van der Waals surface area contributed by atoms with Gasteiger partial charge < -0.3 is 9.88 Å². The van der Waals surface area contributed by atoms with Crippen molar-refractivity contribution in [2.24, 2.45) is 5.92 Å². The fourth-order valence-electron chi connectivity index (χ4n) is 1.64. The molecular weight excluding hydrogens is 230 g/mol. The molecule has 0 aliphatic carbocycles. The van der Waals surface area contributed by atoms with Crippen molar-refractivity contribution in [1.29, 1.82) is 0 Å². The Bertz CT molecular complexity index is 431. The minimum absolute atomic E-state index is 0.636. The second-order valence-corrected chi connectivity index (χ2v) is 5.38. The van der Waals surface area contributed by atoms with Gasteiger partial charge in [0.15, 0.2) is 0 Å². The van der Waals surface area contributed by atoms with Crippen LogP contribution in [0, 0.1) is 5.92 Å². The molecule has 92 valence electrons. The molecule has 4 heteroatoms. The van der Waals surface area contributed by atoms with Crippen molar-refractivity contribution in [3.63, 3.8) is 0 Å². The van der Waals surface area contributed by atoms with Gasteiger partial charge in [0, 0.05) is 25.5 Å². The molecule has 0 aliphatic rings. The molecular formula is C13H19N3S. The highest BCUT2D eigenvalue weighted by atomic mass is 32.1. The Morgan fingerprint density at radius 3 is 3.06 bits per heavy atom. The van der Waals surface area contributed by atoms with E-state index in [4.69, 9.17) is 0 Å². The van der Waals surface area contributed by atoms with Gasteiger partial charge in [-0.3, -0.25) is 0 Å². The number of nitrogens with one attached hydrogen (secondary N) is 1. The number of anilines is 1. The molecule has 0 amide bonds. The Hall–Kier alpha value is -1.29. The Morgan fingerprint density at radius 1 is 1.47 bits per heavy atom. The fourth-order valence-corrected chi connectivity index (χ4v) is 2.34. The molecule has 0 saturated heterocycles. The lowest BCUT2D eigenvalue weighted by atomic mass is 10.2. The van der Waals surface area contributed by atoms with Crippen molar-refractivity contribution in [1.82, 2.24) is 9.55 Å². The van der Waals surface area contributed by atoms with E-state index in [2.05, 4.69) is 45.5 Å². The number of thiophene rings is 1. The molecule has 0 radical (unpaired) electrons. The van der Waals surface area contributed by atoms with Crippen LogP contribution in [0.2, 0.25) is 0 Å². The predicted octanol–water partition coefficient (Wildman–Crippen LogP) is 3.26. The molecule has 0 saturated carbocycles. The zero-order chi connectivity index (χ0) is 12.1. The molecule has 17 heavy (non-hydrogen) atoms. The van der Waals surface area contributed by atoms with Gasteiger partial charge in [-0.05, 0) is 34.7 Å². The summed E-state index contributed by atoms with van der Waals surface area (Å²) in [6, 6.07) is 2.18. The topological polar surface area (TPSA) is 29.9 Å². The first kappa shape index (κ1) is 12.2. The third-order valence-corrected chi connectivity index (χ3v) is 3.34. The number of nitrogens with zero attached hydrogens (tertiary/aromatic N) is 2. The molecule has 0 bridgehead atoms. The average molecular weight is 249 g/mol. The summed E-state index contributed by atoms with van der Waals surface area (Å²) in [5, 5.41) is 7.71. The first-order valence-electron chi connectivity index (χ1n) is 6.02. The van der Waals surface area contributed by atoms with E-state index in [1.165, 1.54) is 5.56 Å². The van der Waals surface area contributed by atoms with Crippen LogP contribution >= 0.6 is 11.3 Å². The molecule has 0 spiro atoms. The number of imidazole rings is 1. The zero-order valence-corrected chi connectivity index (χ0v) is 11.2. The van der Waals surface area contributed by atoms with Crippen LogP contribution in [0.5, 0.6) is 0 Å². The van der Waals surface area contributed by atoms with E-state index in [9.17, 15) is 0 Å². The lowest BCUT2D eigenvalue weighted by Gasteiger charge is -2.10. The van der Waals surface area contributed by atoms with Gasteiger partial charge in [-0.15, -0.1) is 0 Å². The molecule has 0 atom stereocenters. The monoisotopic (exact) mass is 249 g/mol. The number of hydrogen-bond acceptors (Lipinski definition) is 3. The fraction of sp³-hybridized carbons (Fsp3) is 0.462. The molecule has 2 aromatic heterocycles. The molecule has 0 unspecified atom stereocenters. The summed E-state index contributed by atoms with van der Waals surface area (Å²) in [6.07, 6.45) is 4.96. The highest BCUT2D eigenvalue weighted by Crippen LogP contribution is 2.11. The molecule has 2 heterocycles. The van der Waals surface area contributed by atoms with Crippen LogP contribution in [-0.4, -0.2) is 16.1 Å². The SMILES string of the molecule is CC(C)CNc1nccn1CCc1ccsc1. The van der Waals surface area contributed by atoms with E-state index in [-0.39, 0.29) is 0 Å². The van der Waals surface area contributed by atoms with E-state index >= 15 is 0 Å². The van der Waals surface area contributed by atoms with Gasteiger partial charge >= 0.3 is 0 Å². The van der Waals surface area contributed by atoms with Crippen LogP contribution in [0.3, 0.4) is 0 Å². The molecule has 3 nitrogen and oxygen atoms in total. The summed E-state index contributed by atoms with van der Waals surface area (Å²) in [5.74, 6) is 1.62. The quantitative estimate of drug-likeness (QED) is 0.851. The Labute approximate surface area is 107 Å². The van der Waals surface area contributed by atoms with Crippen LogP contribution < -0.4 is 5.32 Å². The summed E-state index contributed by atoms with van der Waals surface area (Å²) >= 11 is 1.75. The second kappa shape index (κ2) is 5.87. The minimum atomic E-state index is 0.636. The van der Waals surface area contributed by atoms with Gasteiger partial charge in [0.2, 0.25) is 5.95 Å². The number of aryl methyl sites for hydroxylation is 2. The minimum Gasteiger partial charge on any atom is -0.355 e. The summed E-state index contributed by atoms with van der Waals surface area (Å²) in [7, 11) is 0. The normalized spacial score (nSPS) is 11.0. The molecule has 0 aliphatic heterocycles. The number of aromatic nitrogens is 2. The first-order valence-corrected chi connectivity index (χ1v) is 6.96. The van der Waals surface area contributed by atoms with Gasteiger partial charge in [-0.25, -0.2) is 4.98 Å². The van der Waals surface area contributed by atoms with E-state index < -0.39 is 0 Å². The van der Waals surface area contributed by atoms with Crippen molar-refractivity contribution < 1.29 is 0 Å². The summed E-state index contributed by atoms with van der Waals surface area (Å²) in [6.45, 7) is 6.35. The molecule has 0 fully saturated rings. The largest absolute Gasteiger partial charge is 0.355 e. The van der Waals surface area contributed by atoms with Crippen LogP contribution in [0.1, 0.15) is 19.4 Å². The Kier molecular flexibility index (Phi) is 4.20. The van der Waals surface area contributed by atoms with Crippen LogP contribution in [0.4, 0.5) is 5.95 Å². The van der Waals surface area contributed by atoms with Crippen molar-refractivity contribution in [3.8, 4) is 0 Å². The lowest BCUT2D eigenvalue weighted by molar-refractivity contribution is 0.661. The summed E-state index contributed by atoms with van der Waals surface area (Å²) < 4.78 is 2.18. The first-order chi connectivity index (χ1) is 8.25. The third kappa shape index (κ3) is 3.60. The van der Waals surface area contributed by atoms with Crippen molar-refractivity contribution in [2.75, 3.05) is 11.9 Å². The maximum absolute atomic E-state index is 4.34. The van der Waals surface area contributed by atoms with Crippen molar-refractivity contribution in [2.45, 2.75) is 26.8 Å². The van der Waals surface area contributed by atoms with Crippen molar-refractivity contribution >= 4 is 17.3 Å². The van der Waals surface area contributed by atoms with Crippen LogP contribution in [0.25, 0.3) is 0 Å². The van der Waals surface area contributed by atoms with Crippen LogP contribution in [0.15, 0.2) is 29.2 Å². The summed E-state index contributed by atoms with van der Waals surface area (Å²) in [5.41, 5.74) is 1.40. The Morgan fingerprint density at radius 2 is 2.35 bits per heavy atom. The smallest absolute Gasteiger partial charge is 0.202 e. The van der Waals surface area contributed by atoms with E-state index in [0.29, 0.717) is 5.92 Å². The van der Waals surface area contributed by atoms with E-state index in [1.807, 2.05) is 12.4 Å². The lowest BCUT2D eigenvalue weighted by Crippen LogP contribution is -2.13. The van der Waals surface area contributed by atoms with Gasteiger partial charge in [0.25, 0.3) is 0 Å². The molecule has 2 aromatic rings. The van der Waals surface area contributed by atoms with Crippen molar-refractivity contribution in [3.05, 3.63) is 34.8 Å². The highest BCUT2D eigenvalue weighted by Gasteiger charge is 2.03. The van der Waals surface area contributed by atoms with E-state index in [1.54, 1.807) is 11.3 Å². The van der Waals surface area contributed by atoms with Gasteiger partial charge in [-0.2, -0.15) is 11.3 Å². The maximum atomic E-state index is 4.34. The standard InChI is InChI=1S/C13H19N3S/c1-11(2)9-15-13-14-5-7-16(13)6-3-12-4-8-17-10-12/h4-5,7-8,10-11H,3,6,9H2,1-2H3,(H,14,15). The predicted molar refractivity (Wildman–Crippen MR) is 73.6 cm³/mol. The molecule has 2 rings (SSSR count). The number of rotatable bonds is 6. The van der Waals surface area contributed by atoms with Crippen LogP contribution in [-0.2, 0) is 13.0 Å². The molecule has 0 aromatic carbocycles. The Balaban J connectivity index is 1.90. The zero-order valence-electron chi connectivity index (χ0n) is 10.4. The maximum Gasteiger partial charge on any atom is 0.202 e. The van der Waals surface area contributed by atoms with Gasteiger partial charge in [0.1, 0.15) is 0 Å². The second-order valence-electron chi connectivity index (χ2n) is 4.60.